The summed E-state index contributed by atoms with van der Waals surface area (Å²) < 4.78 is 28.6. The van der Waals surface area contributed by atoms with Gasteiger partial charge in [0, 0.05) is 5.56 Å². The first-order chi connectivity index (χ1) is 12.5. The SMILES string of the molecule is CC(Sc1nnc(-c2ccccc2)n1N)C(=O)Nc1c(F)cccc1F. The van der Waals surface area contributed by atoms with Gasteiger partial charge in [-0.3, -0.25) is 4.79 Å². The molecule has 1 heterocycles. The van der Waals surface area contributed by atoms with Gasteiger partial charge in [0.1, 0.15) is 17.3 Å². The predicted molar refractivity (Wildman–Crippen MR) is 95.9 cm³/mol. The van der Waals surface area contributed by atoms with Gasteiger partial charge in [-0.25, -0.2) is 13.5 Å². The molecular formula is C17H15F2N5OS. The molecule has 1 unspecified atom stereocenters. The minimum Gasteiger partial charge on any atom is -0.335 e. The molecule has 0 saturated heterocycles. The minimum absolute atomic E-state index is 0.306. The highest BCUT2D eigenvalue weighted by molar-refractivity contribution is 8.00. The van der Waals surface area contributed by atoms with Crippen LogP contribution in [0.25, 0.3) is 11.4 Å². The molecule has 0 fully saturated rings. The second-order valence-corrected chi connectivity index (χ2v) is 6.70. The molecule has 0 aliphatic rings. The van der Waals surface area contributed by atoms with Gasteiger partial charge in [-0.2, -0.15) is 0 Å². The van der Waals surface area contributed by atoms with E-state index >= 15 is 0 Å². The van der Waals surface area contributed by atoms with E-state index in [0.717, 1.165) is 29.5 Å². The van der Waals surface area contributed by atoms with Crippen molar-refractivity contribution in [1.82, 2.24) is 14.9 Å². The maximum absolute atomic E-state index is 13.6. The summed E-state index contributed by atoms with van der Waals surface area (Å²) in [6, 6.07) is 12.6. The molecule has 9 heteroatoms. The molecule has 3 rings (SSSR count). The van der Waals surface area contributed by atoms with Gasteiger partial charge in [-0.15, -0.1) is 10.2 Å². The molecule has 1 aromatic heterocycles. The number of carbonyl (C=O) groups is 1. The number of hydrogen-bond acceptors (Lipinski definition) is 5. The summed E-state index contributed by atoms with van der Waals surface area (Å²) in [7, 11) is 0. The Labute approximate surface area is 152 Å². The molecule has 3 aromatic rings. The number of nitrogens with two attached hydrogens (primary N) is 1. The van der Waals surface area contributed by atoms with Crippen LogP contribution in [0.3, 0.4) is 0 Å². The highest BCUT2D eigenvalue weighted by Gasteiger charge is 2.22. The topological polar surface area (TPSA) is 85.8 Å². The monoisotopic (exact) mass is 375 g/mol. The summed E-state index contributed by atoms with van der Waals surface area (Å²) in [5, 5.41) is 9.86. The zero-order valence-electron chi connectivity index (χ0n) is 13.7. The third-order valence-electron chi connectivity index (χ3n) is 3.56. The summed E-state index contributed by atoms with van der Waals surface area (Å²) in [6.07, 6.45) is 0. The van der Waals surface area contributed by atoms with Gasteiger partial charge in [0.05, 0.1) is 5.25 Å². The Hall–Kier alpha value is -2.94. The lowest BCUT2D eigenvalue weighted by molar-refractivity contribution is -0.115. The molecule has 1 atom stereocenters. The van der Waals surface area contributed by atoms with Crippen LogP contribution in [0.15, 0.2) is 53.7 Å². The molecule has 26 heavy (non-hydrogen) atoms. The quantitative estimate of drug-likeness (QED) is 0.529. The standard InChI is InChI=1S/C17H15F2N5OS/c1-10(16(25)21-14-12(18)8-5-9-13(14)19)26-17-23-22-15(24(17)20)11-6-3-2-4-7-11/h2-10H,20H2,1H3,(H,21,25). The molecule has 0 spiro atoms. The van der Waals surface area contributed by atoms with Gasteiger partial charge in [0.15, 0.2) is 5.82 Å². The van der Waals surface area contributed by atoms with Gasteiger partial charge < -0.3 is 11.2 Å². The van der Waals surface area contributed by atoms with E-state index in [0.29, 0.717) is 11.0 Å². The molecule has 6 nitrogen and oxygen atoms in total. The number of amides is 1. The van der Waals surface area contributed by atoms with E-state index in [-0.39, 0.29) is 0 Å². The first-order valence-electron chi connectivity index (χ1n) is 7.65. The number of aromatic nitrogens is 3. The Kier molecular flexibility index (Phi) is 5.17. The van der Waals surface area contributed by atoms with Gasteiger partial charge in [0.2, 0.25) is 11.1 Å². The Balaban J connectivity index is 1.73. The molecule has 134 valence electrons. The molecule has 3 N–H and O–H groups in total. The van der Waals surface area contributed by atoms with E-state index in [2.05, 4.69) is 15.5 Å². The van der Waals surface area contributed by atoms with E-state index in [1.807, 2.05) is 30.3 Å². The average molecular weight is 375 g/mol. The second-order valence-electron chi connectivity index (χ2n) is 5.39. The summed E-state index contributed by atoms with van der Waals surface area (Å²) in [4.78, 5) is 12.2. The van der Waals surface area contributed by atoms with Crippen molar-refractivity contribution in [2.24, 2.45) is 0 Å². The number of nitrogens with one attached hydrogen (secondary N) is 1. The summed E-state index contributed by atoms with van der Waals surface area (Å²) >= 11 is 1.03. The van der Waals surface area contributed by atoms with Crippen LogP contribution in [-0.4, -0.2) is 26.0 Å². The van der Waals surface area contributed by atoms with Crippen LogP contribution in [0, 0.1) is 11.6 Å². The Morgan fingerprint density at radius 2 is 1.77 bits per heavy atom. The zero-order valence-corrected chi connectivity index (χ0v) is 14.5. The van der Waals surface area contributed by atoms with Crippen molar-refractivity contribution in [2.45, 2.75) is 17.3 Å². The van der Waals surface area contributed by atoms with Crippen LogP contribution >= 0.6 is 11.8 Å². The number of para-hydroxylation sites is 1. The highest BCUT2D eigenvalue weighted by Crippen LogP contribution is 2.26. The Bertz CT molecular complexity index is 912. The second kappa shape index (κ2) is 7.52. The molecule has 0 saturated carbocycles. The number of benzene rings is 2. The number of halogens is 2. The van der Waals surface area contributed by atoms with E-state index in [9.17, 15) is 13.6 Å². The van der Waals surface area contributed by atoms with E-state index in [1.165, 1.54) is 10.7 Å². The van der Waals surface area contributed by atoms with Crippen molar-refractivity contribution < 1.29 is 13.6 Å². The van der Waals surface area contributed by atoms with Crippen LogP contribution < -0.4 is 11.2 Å². The maximum Gasteiger partial charge on any atom is 0.237 e. The van der Waals surface area contributed by atoms with Gasteiger partial charge >= 0.3 is 0 Å². The maximum atomic E-state index is 13.6. The number of thioether (sulfide) groups is 1. The number of nitrogen functional groups attached to an aromatic ring is 1. The summed E-state index contributed by atoms with van der Waals surface area (Å²) in [6.45, 7) is 1.58. The van der Waals surface area contributed by atoms with Crippen LogP contribution in [0.4, 0.5) is 14.5 Å². The van der Waals surface area contributed by atoms with E-state index < -0.39 is 28.5 Å². The fraction of sp³-hybridized carbons (Fsp3) is 0.118. The molecular weight excluding hydrogens is 360 g/mol. The van der Waals surface area contributed by atoms with Crippen molar-refractivity contribution in [3.8, 4) is 11.4 Å². The number of hydrogen-bond donors (Lipinski definition) is 2. The highest BCUT2D eigenvalue weighted by atomic mass is 32.2. The minimum atomic E-state index is -0.844. The van der Waals surface area contributed by atoms with E-state index in [1.54, 1.807) is 6.92 Å². The van der Waals surface area contributed by atoms with Crippen LogP contribution in [0.1, 0.15) is 6.92 Å². The fourth-order valence-corrected chi connectivity index (χ4v) is 2.97. The molecule has 0 aliphatic heterocycles. The molecule has 0 radical (unpaired) electrons. The third kappa shape index (κ3) is 3.67. The molecule has 1 amide bonds. The van der Waals surface area contributed by atoms with Crippen molar-refractivity contribution in [1.29, 1.82) is 0 Å². The summed E-state index contributed by atoms with van der Waals surface area (Å²) in [5.74, 6) is 4.18. The largest absolute Gasteiger partial charge is 0.335 e. The van der Waals surface area contributed by atoms with Gasteiger partial charge in [0.25, 0.3) is 0 Å². The van der Waals surface area contributed by atoms with Crippen LogP contribution in [-0.2, 0) is 4.79 Å². The smallest absolute Gasteiger partial charge is 0.237 e. The number of carbonyl (C=O) groups excluding carboxylic acids is 1. The number of anilines is 1. The number of rotatable bonds is 5. The van der Waals surface area contributed by atoms with Crippen molar-refractivity contribution >= 4 is 23.4 Å². The van der Waals surface area contributed by atoms with Crippen molar-refractivity contribution in [3.63, 3.8) is 0 Å². The fourth-order valence-electron chi connectivity index (χ4n) is 2.20. The lowest BCUT2D eigenvalue weighted by Gasteiger charge is -2.12. The molecule has 0 aliphatic carbocycles. The Morgan fingerprint density at radius 1 is 1.12 bits per heavy atom. The number of nitrogens with zero attached hydrogens (tertiary/aromatic N) is 3. The lowest BCUT2D eigenvalue weighted by atomic mass is 10.2. The first kappa shape index (κ1) is 17.9. The van der Waals surface area contributed by atoms with Crippen molar-refractivity contribution in [3.05, 3.63) is 60.2 Å². The van der Waals surface area contributed by atoms with Gasteiger partial charge in [-0.1, -0.05) is 48.2 Å². The lowest BCUT2D eigenvalue weighted by Crippen LogP contribution is -2.24. The zero-order chi connectivity index (χ0) is 18.7. The molecule has 2 aromatic carbocycles. The van der Waals surface area contributed by atoms with Crippen LogP contribution in [0.2, 0.25) is 0 Å². The average Bonchev–Trinajstić information content (AvgIpc) is 2.99. The first-order valence-corrected chi connectivity index (χ1v) is 8.52. The predicted octanol–water partition coefficient (Wildman–Crippen LogP) is 3.06. The van der Waals surface area contributed by atoms with E-state index in [4.69, 9.17) is 5.84 Å². The Morgan fingerprint density at radius 3 is 2.42 bits per heavy atom. The molecule has 0 bridgehead atoms. The summed E-state index contributed by atoms with van der Waals surface area (Å²) in [5.41, 5.74) is 0.295. The van der Waals surface area contributed by atoms with Crippen molar-refractivity contribution in [2.75, 3.05) is 11.2 Å². The van der Waals surface area contributed by atoms with Crippen LogP contribution in [0.5, 0.6) is 0 Å². The normalized spacial score (nSPS) is 12.0. The van der Waals surface area contributed by atoms with Gasteiger partial charge in [-0.05, 0) is 19.1 Å². The third-order valence-corrected chi connectivity index (χ3v) is 4.62.